The summed E-state index contributed by atoms with van der Waals surface area (Å²) in [6.07, 6.45) is -5.15. The Labute approximate surface area is 86.2 Å². The highest BCUT2D eigenvalue weighted by Gasteiger charge is 2.34. The van der Waals surface area contributed by atoms with Gasteiger partial charge in [-0.3, -0.25) is 0 Å². The number of carboxylic acid groups (broad SMARTS) is 1. The summed E-state index contributed by atoms with van der Waals surface area (Å²) in [5, 5.41) is 8.46. The Morgan fingerprint density at radius 1 is 1.38 bits per heavy atom. The van der Waals surface area contributed by atoms with Crippen molar-refractivity contribution in [2.75, 3.05) is 5.73 Å². The number of halogens is 4. The van der Waals surface area contributed by atoms with Crippen LogP contribution in [0, 0.1) is 5.82 Å². The van der Waals surface area contributed by atoms with Gasteiger partial charge < -0.3 is 15.6 Å². The second-order valence-electron chi connectivity index (χ2n) is 2.70. The molecule has 0 aromatic heterocycles. The van der Waals surface area contributed by atoms with Crippen LogP contribution in [0.5, 0.6) is 5.75 Å². The highest BCUT2D eigenvalue weighted by atomic mass is 19.4. The molecule has 0 aliphatic rings. The summed E-state index contributed by atoms with van der Waals surface area (Å²) in [4.78, 5) is 10.4. The van der Waals surface area contributed by atoms with Crippen molar-refractivity contribution in [3.63, 3.8) is 0 Å². The minimum atomic E-state index is -5.15. The van der Waals surface area contributed by atoms with Crippen molar-refractivity contribution in [3.05, 3.63) is 23.5 Å². The molecule has 1 aromatic rings. The second kappa shape index (κ2) is 3.87. The quantitative estimate of drug-likeness (QED) is 0.611. The Morgan fingerprint density at radius 3 is 2.38 bits per heavy atom. The number of alkyl halides is 3. The minimum absolute atomic E-state index is 0.639. The van der Waals surface area contributed by atoms with Gasteiger partial charge in [0.2, 0.25) is 0 Å². The van der Waals surface area contributed by atoms with Crippen molar-refractivity contribution in [2.45, 2.75) is 6.36 Å². The van der Waals surface area contributed by atoms with Gasteiger partial charge in [0, 0.05) is 0 Å². The molecule has 88 valence electrons. The Morgan fingerprint density at radius 2 is 1.94 bits per heavy atom. The Bertz CT molecular complexity index is 430. The van der Waals surface area contributed by atoms with Crippen LogP contribution in [0.15, 0.2) is 12.1 Å². The molecule has 0 amide bonds. The van der Waals surface area contributed by atoms with E-state index in [9.17, 15) is 22.4 Å². The van der Waals surface area contributed by atoms with Crippen LogP contribution in [0.2, 0.25) is 0 Å². The van der Waals surface area contributed by atoms with Crippen LogP contribution in [-0.4, -0.2) is 17.4 Å². The molecule has 0 unspecified atom stereocenters. The van der Waals surface area contributed by atoms with Crippen molar-refractivity contribution in [3.8, 4) is 5.75 Å². The van der Waals surface area contributed by atoms with Crippen molar-refractivity contribution < 1.29 is 32.2 Å². The van der Waals surface area contributed by atoms with E-state index < -0.39 is 35.1 Å². The third kappa shape index (κ3) is 2.53. The summed E-state index contributed by atoms with van der Waals surface area (Å²) < 4.78 is 52.0. The largest absolute Gasteiger partial charge is 0.573 e. The topological polar surface area (TPSA) is 72.6 Å². The molecule has 0 fully saturated rings. The summed E-state index contributed by atoms with van der Waals surface area (Å²) in [5.74, 6) is -4.72. The molecule has 0 radical (unpaired) electrons. The highest BCUT2D eigenvalue weighted by Crippen LogP contribution is 2.32. The number of hydrogen-bond acceptors (Lipinski definition) is 3. The maximum absolute atomic E-state index is 13.2. The number of rotatable bonds is 2. The number of benzene rings is 1. The molecule has 0 aliphatic heterocycles. The lowest BCUT2D eigenvalue weighted by Gasteiger charge is -2.12. The lowest BCUT2D eigenvalue weighted by Crippen LogP contribution is -2.19. The standard InChI is InChI=1S/C8H5F4NO3/c9-5-3(7(14)15)1-2-4(13)6(5)16-8(10,11)12/h1-2H,13H2,(H,14,15). The molecule has 1 rings (SSSR count). The maximum Gasteiger partial charge on any atom is 0.573 e. The van der Waals surface area contributed by atoms with Crippen molar-refractivity contribution in [1.29, 1.82) is 0 Å². The first kappa shape index (κ1) is 12.1. The van der Waals surface area contributed by atoms with Gasteiger partial charge >= 0.3 is 12.3 Å². The average molecular weight is 239 g/mol. The van der Waals surface area contributed by atoms with E-state index in [4.69, 9.17) is 10.8 Å². The zero-order valence-electron chi connectivity index (χ0n) is 7.51. The second-order valence-corrected chi connectivity index (χ2v) is 2.70. The van der Waals surface area contributed by atoms with Crippen LogP contribution >= 0.6 is 0 Å². The molecule has 8 heteroatoms. The van der Waals surface area contributed by atoms with E-state index in [0.29, 0.717) is 0 Å². The van der Waals surface area contributed by atoms with Crippen LogP contribution in [0.3, 0.4) is 0 Å². The molecule has 0 saturated carbocycles. The molecule has 16 heavy (non-hydrogen) atoms. The average Bonchev–Trinajstić information content (AvgIpc) is 2.10. The first-order chi connectivity index (χ1) is 7.22. The van der Waals surface area contributed by atoms with E-state index in [0.717, 1.165) is 12.1 Å². The van der Waals surface area contributed by atoms with Crippen LogP contribution in [0.1, 0.15) is 10.4 Å². The van der Waals surface area contributed by atoms with Crippen LogP contribution < -0.4 is 10.5 Å². The number of ether oxygens (including phenoxy) is 1. The fraction of sp³-hybridized carbons (Fsp3) is 0.125. The smallest absolute Gasteiger partial charge is 0.478 e. The molecular formula is C8H5F4NO3. The summed E-state index contributed by atoms with van der Waals surface area (Å²) in [6, 6.07) is 1.56. The van der Waals surface area contributed by atoms with E-state index in [1.807, 2.05) is 0 Å². The number of aromatic carboxylic acids is 1. The zero-order valence-corrected chi connectivity index (χ0v) is 7.51. The predicted octanol–water partition coefficient (Wildman–Crippen LogP) is 2.00. The van der Waals surface area contributed by atoms with Crippen molar-refractivity contribution in [1.82, 2.24) is 0 Å². The monoisotopic (exact) mass is 239 g/mol. The number of hydrogen-bond donors (Lipinski definition) is 2. The predicted molar refractivity (Wildman–Crippen MR) is 44.5 cm³/mol. The minimum Gasteiger partial charge on any atom is -0.478 e. The number of nitrogen functional groups attached to an aromatic ring is 1. The molecule has 0 atom stereocenters. The van der Waals surface area contributed by atoms with Crippen LogP contribution in [0.25, 0.3) is 0 Å². The van der Waals surface area contributed by atoms with Gasteiger partial charge in [-0.15, -0.1) is 13.2 Å². The van der Waals surface area contributed by atoms with Gasteiger partial charge in [0.05, 0.1) is 11.3 Å². The Balaban J connectivity index is 3.27. The fourth-order valence-corrected chi connectivity index (χ4v) is 0.956. The Hall–Kier alpha value is -1.99. The first-order valence-corrected chi connectivity index (χ1v) is 3.79. The lowest BCUT2D eigenvalue weighted by atomic mass is 10.2. The lowest BCUT2D eigenvalue weighted by molar-refractivity contribution is -0.275. The molecule has 0 heterocycles. The normalized spacial score (nSPS) is 11.2. The maximum atomic E-state index is 13.2. The van der Waals surface area contributed by atoms with E-state index in [2.05, 4.69) is 4.74 Å². The Kier molecular flexibility index (Phi) is 2.92. The number of anilines is 1. The molecule has 1 aromatic carbocycles. The molecule has 4 nitrogen and oxygen atoms in total. The van der Waals surface area contributed by atoms with Gasteiger partial charge in [0.25, 0.3) is 0 Å². The molecule has 3 N–H and O–H groups in total. The molecular weight excluding hydrogens is 234 g/mol. The molecule has 0 bridgehead atoms. The van der Waals surface area contributed by atoms with Gasteiger partial charge in [-0.2, -0.15) is 0 Å². The van der Waals surface area contributed by atoms with E-state index in [-0.39, 0.29) is 0 Å². The van der Waals surface area contributed by atoms with Crippen molar-refractivity contribution >= 4 is 11.7 Å². The number of nitrogens with two attached hydrogens (primary N) is 1. The van der Waals surface area contributed by atoms with E-state index >= 15 is 0 Å². The SMILES string of the molecule is Nc1ccc(C(=O)O)c(F)c1OC(F)(F)F. The molecule has 0 aliphatic carbocycles. The summed E-state index contributed by atoms with van der Waals surface area (Å²) >= 11 is 0. The van der Waals surface area contributed by atoms with E-state index in [1.165, 1.54) is 0 Å². The molecule has 0 spiro atoms. The van der Waals surface area contributed by atoms with Gasteiger partial charge in [-0.25, -0.2) is 9.18 Å². The number of carbonyl (C=O) groups is 1. The van der Waals surface area contributed by atoms with Gasteiger partial charge in [0.15, 0.2) is 11.6 Å². The van der Waals surface area contributed by atoms with Crippen LogP contribution in [0.4, 0.5) is 23.2 Å². The van der Waals surface area contributed by atoms with E-state index in [1.54, 1.807) is 0 Å². The fourth-order valence-electron chi connectivity index (χ4n) is 0.956. The summed E-state index contributed by atoms with van der Waals surface area (Å²) in [6.45, 7) is 0. The number of carboxylic acids is 1. The summed E-state index contributed by atoms with van der Waals surface area (Å²) in [5.41, 5.74) is 3.45. The highest BCUT2D eigenvalue weighted by molar-refractivity contribution is 5.89. The molecule has 0 saturated heterocycles. The third-order valence-electron chi connectivity index (χ3n) is 1.58. The van der Waals surface area contributed by atoms with Gasteiger partial charge in [-0.05, 0) is 12.1 Å². The van der Waals surface area contributed by atoms with Crippen molar-refractivity contribution in [2.24, 2.45) is 0 Å². The first-order valence-electron chi connectivity index (χ1n) is 3.79. The third-order valence-corrected chi connectivity index (χ3v) is 1.58. The van der Waals surface area contributed by atoms with Gasteiger partial charge in [0.1, 0.15) is 0 Å². The zero-order chi connectivity index (χ0) is 12.5. The van der Waals surface area contributed by atoms with Crippen LogP contribution in [-0.2, 0) is 0 Å². The van der Waals surface area contributed by atoms with Gasteiger partial charge in [-0.1, -0.05) is 0 Å². The summed E-state index contributed by atoms with van der Waals surface area (Å²) in [7, 11) is 0.